The minimum atomic E-state index is 0.160. The number of carbonyl (C=O) groups is 1. The summed E-state index contributed by atoms with van der Waals surface area (Å²) in [5.41, 5.74) is 5.93. The molecule has 1 saturated carbocycles. The summed E-state index contributed by atoms with van der Waals surface area (Å²) in [5.74, 6) is 0.347. The summed E-state index contributed by atoms with van der Waals surface area (Å²) in [4.78, 5) is 11.7. The topological polar surface area (TPSA) is 55.1 Å². The molecule has 3 nitrogen and oxygen atoms in total. The number of carbonyl (C=O) groups excluding carboxylic acids is 1. The zero-order valence-electron chi connectivity index (χ0n) is 9.47. The van der Waals surface area contributed by atoms with Crippen LogP contribution in [0.3, 0.4) is 0 Å². The van der Waals surface area contributed by atoms with Crippen molar-refractivity contribution in [2.75, 3.05) is 6.54 Å². The molecule has 0 aromatic rings. The lowest BCUT2D eigenvalue weighted by Crippen LogP contribution is -2.36. The highest BCUT2D eigenvalue weighted by atomic mass is 16.1. The van der Waals surface area contributed by atoms with Crippen molar-refractivity contribution in [1.82, 2.24) is 5.32 Å². The molecule has 82 valence electrons. The highest BCUT2D eigenvalue weighted by Gasteiger charge is 2.28. The van der Waals surface area contributed by atoms with E-state index in [0.717, 1.165) is 25.8 Å². The van der Waals surface area contributed by atoms with Gasteiger partial charge in [0, 0.05) is 18.5 Å². The van der Waals surface area contributed by atoms with E-state index in [-0.39, 0.29) is 23.3 Å². The fourth-order valence-electron chi connectivity index (χ4n) is 1.75. The highest BCUT2D eigenvalue weighted by Crippen LogP contribution is 2.24. The molecule has 1 fully saturated rings. The Bertz CT molecular complexity index is 208. The van der Waals surface area contributed by atoms with E-state index < -0.39 is 0 Å². The second-order valence-corrected chi connectivity index (χ2v) is 5.55. The Morgan fingerprint density at radius 2 is 2.07 bits per heavy atom. The van der Waals surface area contributed by atoms with Crippen LogP contribution in [0.1, 0.15) is 40.0 Å². The second-order valence-electron chi connectivity index (χ2n) is 5.55. The fraction of sp³-hybridized carbons (Fsp3) is 0.909. The van der Waals surface area contributed by atoms with Gasteiger partial charge < -0.3 is 11.1 Å². The summed E-state index contributed by atoms with van der Waals surface area (Å²) < 4.78 is 0. The highest BCUT2D eigenvalue weighted by molar-refractivity contribution is 5.79. The molecular weight excluding hydrogens is 176 g/mol. The number of hydrogen-bond acceptors (Lipinski definition) is 2. The van der Waals surface area contributed by atoms with Crippen LogP contribution in [0.25, 0.3) is 0 Å². The molecule has 0 saturated heterocycles. The minimum Gasteiger partial charge on any atom is -0.355 e. The predicted octanol–water partition coefficient (Wildman–Crippen LogP) is 1.28. The molecule has 0 aromatic carbocycles. The predicted molar refractivity (Wildman–Crippen MR) is 57.8 cm³/mol. The van der Waals surface area contributed by atoms with Crippen molar-refractivity contribution < 1.29 is 4.79 Å². The summed E-state index contributed by atoms with van der Waals surface area (Å²) in [5, 5.41) is 2.99. The number of nitrogens with two attached hydrogens (primary N) is 1. The van der Waals surface area contributed by atoms with Crippen molar-refractivity contribution in [2.24, 2.45) is 17.1 Å². The SMILES string of the molecule is CC(C)(C)CNC(=O)C1CCC(N)C1. The number of hydrogen-bond donors (Lipinski definition) is 2. The van der Waals surface area contributed by atoms with E-state index in [1.807, 2.05) is 0 Å². The molecule has 1 aliphatic carbocycles. The first kappa shape index (κ1) is 11.5. The minimum absolute atomic E-state index is 0.160. The number of nitrogens with one attached hydrogen (secondary N) is 1. The van der Waals surface area contributed by atoms with Gasteiger partial charge in [-0.1, -0.05) is 20.8 Å². The molecular formula is C11H22N2O. The van der Waals surface area contributed by atoms with Gasteiger partial charge in [-0.05, 0) is 24.7 Å². The van der Waals surface area contributed by atoms with E-state index >= 15 is 0 Å². The van der Waals surface area contributed by atoms with Crippen LogP contribution in [0.15, 0.2) is 0 Å². The molecule has 0 bridgehead atoms. The van der Waals surface area contributed by atoms with E-state index in [2.05, 4.69) is 26.1 Å². The summed E-state index contributed by atoms with van der Waals surface area (Å²) in [6, 6.07) is 0.236. The van der Waals surface area contributed by atoms with Crippen molar-refractivity contribution in [1.29, 1.82) is 0 Å². The van der Waals surface area contributed by atoms with Crippen LogP contribution >= 0.6 is 0 Å². The van der Waals surface area contributed by atoms with Gasteiger partial charge in [0.25, 0.3) is 0 Å². The molecule has 0 aromatic heterocycles. The van der Waals surface area contributed by atoms with Crippen molar-refractivity contribution in [2.45, 2.75) is 46.1 Å². The van der Waals surface area contributed by atoms with Gasteiger partial charge >= 0.3 is 0 Å². The molecule has 0 heterocycles. The number of amides is 1. The zero-order chi connectivity index (χ0) is 10.8. The summed E-state index contributed by atoms with van der Waals surface area (Å²) >= 11 is 0. The molecule has 2 unspecified atom stereocenters. The first-order chi connectivity index (χ1) is 6.38. The van der Waals surface area contributed by atoms with Gasteiger partial charge in [0.2, 0.25) is 5.91 Å². The molecule has 1 rings (SSSR count). The molecule has 2 atom stereocenters. The molecule has 3 heteroatoms. The first-order valence-electron chi connectivity index (χ1n) is 5.42. The van der Waals surface area contributed by atoms with E-state index in [0.29, 0.717) is 0 Å². The van der Waals surface area contributed by atoms with Crippen LogP contribution in [-0.2, 0) is 4.79 Å². The second kappa shape index (κ2) is 4.30. The molecule has 0 radical (unpaired) electrons. The molecule has 3 N–H and O–H groups in total. The number of rotatable bonds is 2. The van der Waals surface area contributed by atoms with Crippen LogP contribution in [0.4, 0.5) is 0 Å². The fourth-order valence-corrected chi connectivity index (χ4v) is 1.75. The third-order valence-corrected chi connectivity index (χ3v) is 2.64. The van der Waals surface area contributed by atoms with Gasteiger partial charge in [0.05, 0.1) is 0 Å². The molecule has 0 aliphatic heterocycles. The lowest BCUT2D eigenvalue weighted by molar-refractivity contribution is -0.125. The van der Waals surface area contributed by atoms with Crippen LogP contribution in [0.5, 0.6) is 0 Å². The quantitative estimate of drug-likeness (QED) is 0.702. The maximum Gasteiger partial charge on any atom is 0.223 e. The zero-order valence-corrected chi connectivity index (χ0v) is 9.47. The lowest BCUT2D eigenvalue weighted by Gasteiger charge is -2.20. The Kier molecular flexibility index (Phi) is 3.53. The molecule has 1 amide bonds. The van der Waals surface area contributed by atoms with Gasteiger partial charge in [-0.3, -0.25) is 4.79 Å². The maximum atomic E-state index is 11.7. The molecule has 0 spiro atoms. The average molecular weight is 198 g/mol. The first-order valence-corrected chi connectivity index (χ1v) is 5.42. The van der Waals surface area contributed by atoms with Crippen molar-refractivity contribution in [3.05, 3.63) is 0 Å². The third-order valence-electron chi connectivity index (χ3n) is 2.64. The normalized spacial score (nSPS) is 27.7. The van der Waals surface area contributed by atoms with E-state index in [9.17, 15) is 4.79 Å². The Hall–Kier alpha value is -0.570. The summed E-state index contributed by atoms with van der Waals surface area (Å²) in [6.07, 6.45) is 2.81. The molecule has 14 heavy (non-hydrogen) atoms. The van der Waals surface area contributed by atoms with Gasteiger partial charge in [0.1, 0.15) is 0 Å². The summed E-state index contributed by atoms with van der Waals surface area (Å²) in [7, 11) is 0. The third kappa shape index (κ3) is 3.66. The molecule has 1 aliphatic rings. The smallest absolute Gasteiger partial charge is 0.223 e. The van der Waals surface area contributed by atoms with Crippen LogP contribution < -0.4 is 11.1 Å². The van der Waals surface area contributed by atoms with Crippen LogP contribution in [-0.4, -0.2) is 18.5 Å². The summed E-state index contributed by atoms with van der Waals surface area (Å²) in [6.45, 7) is 7.10. The van der Waals surface area contributed by atoms with E-state index in [1.54, 1.807) is 0 Å². The van der Waals surface area contributed by atoms with Crippen LogP contribution in [0, 0.1) is 11.3 Å². The van der Waals surface area contributed by atoms with Crippen molar-refractivity contribution >= 4 is 5.91 Å². The van der Waals surface area contributed by atoms with Gasteiger partial charge in [0.15, 0.2) is 0 Å². The van der Waals surface area contributed by atoms with Gasteiger partial charge in [-0.2, -0.15) is 0 Å². The maximum absolute atomic E-state index is 11.7. The van der Waals surface area contributed by atoms with Crippen molar-refractivity contribution in [3.8, 4) is 0 Å². The Balaban J connectivity index is 2.29. The lowest BCUT2D eigenvalue weighted by atomic mass is 9.96. The van der Waals surface area contributed by atoms with Crippen LogP contribution in [0.2, 0.25) is 0 Å². The largest absolute Gasteiger partial charge is 0.355 e. The van der Waals surface area contributed by atoms with E-state index in [4.69, 9.17) is 5.73 Å². The van der Waals surface area contributed by atoms with E-state index in [1.165, 1.54) is 0 Å². The Morgan fingerprint density at radius 3 is 2.50 bits per heavy atom. The van der Waals surface area contributed by atoms with Gasteiger partial charge in [-0.15, -0.1) is 0 Å². The monoisotopic (exact) mass is 198 g/mol. The average Bonchev–Trinajstić information content (AvgIpc) is 2.46. The standard InChI is InChI=1S/C11H22N2O/c1-11(2,3)7-13-10(14)8-4-5-9(12)6-8/h8-9H,4-7,12H2,1-3H3,(H,13,14). The van der Waals surface area contributed by atoms with Gasteiger partial charge in [-0.25, -0.2) is 0 Å². The van der Waals surface area contributed by atoms with Crippen molar-refractivity contribution in [3.63, 3.8) is 0 Å². The Labute approximate surface area is 86.4 Å². The Morgan fingerprint density at radius 1 is 1.43 bits per heavy atom.